The van der Waals surface area contributed by atoms with Crippen molar-refractivity contribution in [2.45, 2.75) is 12.8 Å². The maximum absolute atomic E-state index is 11.7. The van der Waals surface area contributed by atoms with Gasteiger partial charge in [-0.3, -0.25) is 4.79 Å². The summed E-state index contributed by atoms with van der Waals surface area (Å²) >= 11 is 0. The topological polar surface area (TPSA) is 78.6 Å². The molecule has 1 aliphatic heterocycles. The van der Waals surface area contributed by atoms with Crippen LogP contribution in [0.4, 0.5) is 11.4 Å². The maximum atomic E-state index is 11.7. The number of piperidine rings is 1. The van der Waals surface area contributed by atoms with Gasteiger partial charge in [0, 0.05) is 32.3 Å². The predicted octanol–water partition coefficient (Wildman–Crippen LogP) is 0.837. The molecule has 1 fully saturated rings. The molecule has 1 heterocycles. The second-order valence-corrected chi connectivity index (χ2v) is 4.99. The van der Waals surface area contributed by atoms with Gasteiger partial charge in [0.15, 0.2) is 0 Å². The number of benzene rings is 1. The molecule has 1 amide bonds. The zero-order valence-corrected chi connectivity index (χ0v) is 11.2. The lowest BCUT2D eigenvalue weighted by atomic mass is 9.98. The van der Waals surface area contributed by atoms with E-state index in [4.69, 9.17) is 5.73 Å². The number of rotatable bonds is 3. The SMILES string of the molecule is CNC(=O)c1ccc(N)c(N2CCCC(CO)C2)c1. The molecular formula is C14H21N3O2. The Balaban J connectivity index is 2.25. The van der Waals surface area contributed by atoms with Crippen molar-refractivity contribution < 1.29 is 9.90 Å². The van der Waals surface area contributed by atoms with Crippen molar-refractivity contribution in [3.63, 3.8) is 0 Å². The van der Waals surface area contributed by atoms with Gasteiger partial charge in [-0.25, -0.2) is 0 Å². The zero-order valence-electron chi connectivity index (χ0n) is 11.2. The number of carbonyl (C=O) groups is 1. The van der Waals surface area contributed by atoms with E-state index in [1.807, 2.05) is 6.07 Å². The van der Waals surface area contributed by atoms with E-state index in [0.717, 1.165) is 31.6 Å². The standard InChI is InChI=1S/C14H21N3O2/c1-16-14(19)11-4-5-12(15)13(7-11)17-6-2-3-10(8-17)9-18/h4-5,7,10,18H,2-3,6,8-9,15H2,1H3,(H,16,19). The molecule has 1 aliphatic rings. The molecule has 1 aromatic rings. The molecule has 0 aliphatic carbocycles. The third kappa shape index (κ3) is 2.98. The van der Waals surface area contributed by atoms with E-state index in [-0.39, 0.29) is 18.4 Å². The van der Waals surface area contributed by atoms with Crippen LogP contribution in [-0.2, 0) is 0 Å². The molecule has 1 saturated heterocycles. The number of nitrogens with two attached hydrogens (primary N) is 1. The van der Waals surface area contributed by atoms with Crippen LogP contribution in [0, 0.1) is 5.92 Å². The number of carbonyl (C=O) groups excluding carboxylic acids is 1. The highest BCUT2D eigenvalue weighted by molar-refractivity contribution is 5.96. The molecular weight excluding hydrogens is 242 g/mol. The molecule has 0 saturated carbocycles. The Morgan fingerprint density at radius 3 is 3.05 bits per heavy atom. The summed E-state index contributed by atoms with van der Waals surface area (Å²) in [5.41, 5.74) is 8.18. The summed E-state index contributed by atoms with van der Waals surface area (Å²) in [6.07, 6.45) is 2.08. The van der Waals surface area contributed by atoms with E-state index in [1.54, 1.807) is 19.2 Å². The van der Waals surface area contributed by atoms with Gasteiger partial charge in [-0.1, -0.05) is 0 Å². The Labute approximate surface area is 113 Å². The molecule has 5 heteroatoms. The van der Waals surface area contributed by atoms with Crippen molar-refractivity contribution >= 4 is 17.3 Å². The zero-order chi connectivity index (χ0) is 13.8. The first-order chi connectivity index (χ1) is 9.15. The number of aliphatic hydroxyl groups is 1. The van der Waals surface area contributed by atoms with Crippen LogP contribution in [0.1, 0.15) is 23.2 Å². The molecule has 0 spiro atoms. The van der Waals surface area contributed by atoms with Crippen LogP contribution < -0.4 is 16.0 Å². The number of nitrogens with zero attached hydrogens (tertiary/aromatic N) is 1. The molecule has 5 nitrogen and oxygen atoms in total. The Kier molecular flexibility index (Phi) is 4.27. The molecule has 104 valence electrons. The van der Waals surface area contributed by atoms with E-state index >= 15 is 0 Å². The van der Waals surface area contributed by atoms with Crippen molar-refractivity contribution in [3.05, 3.63) is 23.8 Å². The van der Waals surface area contributed by atoms with E-state index in [2.05, 4.69) is 10.2 Å². The second kappa shape index (κ2) is 5.93. The molecule has 19 heavy (non-hydrogen) atoms. The Morgan fingerprint density at radius 1 is 1.58 bits per heavy atom. The monoisotopic (exact) mass is 263 g/mol. The Morgan fingerprint density at radius 2 is 2.37 bits per heavy atom. The third-order valence-electron chi connectivity index (χ3n) is 3.64. The van der Waals surface area contributed by atoms with Gasteiger partial charge < -0.3 is 21.1 Å². The van der Waals surface area contributed by atoms with Crippen LogP contribution in [0.2, 0.25) is 0 Å². The number of amides is 1. The number of nitrogen functional groups attached to an aromatic ring is 1. The minimum absolute atomic E-state index is 0.114. The molecule has 0 radical (unpaired) electrons. The Hall–Kier alpha value is -1.75. The molecule has 1 aromatic carbocycles. The summed E-state index contributed by atoms with van der Waals surface area (Å²) in [5.74, 6) is 0.175. The van der Waals surface area contributed by atoms with Gasteiger partial charge in [-0.05, 0) is 37.0 Å². The van der Waals surface area contributed by atoms with Gasteiger partial charge in [0.1, 0.15) is 0 Å². The summed E-state index contributed by atoms with van der Waals surface area (Å²) in [4.78, 5) is 13.8. The van der Waals surface area contributed by atoms with Gasteiger partial charge in [0.2, 0.25) is 0 Å². The summed E-state index contributed by atoms with van der Waals surface area (Å²) in [5, 5.41) is 11.9. The molecule has 1 atom stereocenters. The van der Waals surface area contributed by atoms with Gasteiger partial charge in [0.25, 0.3) is 5.91 Å². The van der Waals surface area contributed by atoms with Crippen molar-refractivity contribution in [2.75, 3.05) is 37.4 Å². The first-order valence-corrected chi connectivity index (χ1v) is 6.63. The highest BCUT2D eigenvalue weighted by Crippen LogP contribution is 2.29. The molecule has 2 rings (SSSR count). The summed E-state index contributed by atoms with van der Waals surface area (Å²) in [7, 11) is 1.61. The fourth-order valence-corrected chi connectivity index (χ4v) is 2.54. The Bertz CT molecular complexity index is 462. The van der Waals surface area contributed by atoms with E-state index in [9.17, 15) is 9.90 Å². The summed E-state index contributed by atoms with van der Waals surface area (Å²) in [6.45, 7) is 1.90. The highest BCUT2D eigenvalue weighted by atomic mass is 16.3. The predicted molar refractivity (Wildman–Crippen MR) is 76.3 cm³/mol. The minimum Gasteiger partial charge on any atom is -0.397 e. The van der Waals surface area contributed by atoms with Crippen molar-refractivity contribution in [1.82, 2.24) is 5.32 Å². The molecule has 0 aromatic heterocycles. The number of nitrogens with one attached hydrogen (secondary N) is 1. The van der Waals surface area contributed by atoms with Gasteiger partial charge in [-0.15, -0.1) is 0 Å². The van der Waals surface area contributed by atoms with Gasteiger partial charge in [-0.2, -0.15) is 0 Å². The first kappa shape index (κ1) is 13.7. The molecule has 0 bridgehead atoms. The van der Waals surface area contributed by atoms with Crippen LogP contribution in [0.25, 0.3) is 0 Å². The largest absolute Gasteiger partial charge is 0.397 e. The van der Waals surface area contributed by atoms with Crippen LogP contribution in [0.5, 0.6) is 0 Å². The van der Waals surface area contributed by atoms with Gasteiger partial charge >= 0.3 is 0 Å². The van der Waals surface area contributed by atoms with Gasteiger partial charge in [0.05, 0.1) is 11.4 Å². The molecule has 1 unspecified atom stereocenters. The number of anilines is 2. The van der Waals surface area contributed by atoms with Crippen LogP contribution >= 0.6 is 0 Å². The van der Waals surface area contributed by atoms with Crippen LogP contribution in [-0.4, -0.2) is 37.8 Å². The normalized spacial score (nSPS) is 19.3. The summed E-state index contributed by atoms with van der Waals surface area (Å²) < 4.78 is 0. The lowest BCUT2D eigenvalue weighted by Crippen LogP contribution is -2.37. The fraction of sp³-hybridized carbons (Fsp3) is 0.500. The van der Waals surface area contributed by atoms with E-state index in [1.165, 1.54) is 0 Å². The first-order valence-electron chi connectivity index (χ1n) is 6.63. The van der Waals surface area contributed by atoms with E-state index in [0.29, 0.717) is 11.3 Å². The highest BCUT2D eigenvalue weighted by Gasteiger charge is 2.21. The average Bonchev–Trinajstić information content (AvgIpc) is 2.47. The van der Waals surface area contributed by atoms with Crippen molar-refractivity contribution in [3.8, 4) is 0 Å². The minimum atomic E-state index is -0.114. The van der Waals surface area contributed by atoms with Crippen molar-refractivity contribution in [1.29, 1.82) is 0 Å². The fourth-order valence-electron chi connectivity index (χ4n) is 2.54. The maximum Gasteiger partial charge on any atom is 0.251 e. The second-order valence-electron chi connectivity index (χ2n) is 4.99. The lowest BCUT2D eigenvalue weighted by molar-refractivity contribution is 0.0963. The number of hydrogen-bond acceptors (Lipinski definition) is 4. The third-order valence-corrected chi connectivity index (χ3v) is 3.64. The van der Waals surface area contributed by atoms with Crippen LogP contribution in [0.15, 0.2) is 18.2 Å². The average molecular weight is 263 g/mol. The quantitative estimate of drug-likeness (QED) is 0.706. The number of aliphatic hydroxyl groups excluding tert-OH is 1. The summed E-state index contributed by atoms with van der Waals surface area (Å²) in [6, 6.07) is 5.32. The van der Waals surface area contributed by atoms with E-state index < -0.39 is 0 Å². The van der Waals surface area contributed by atoms with Crippen LogP contribution in [0.3, 0.4) is 0 Å². The number of hydrogen-bond donors (Lipinski definition) is 3. The smallest absolute Gasteiger partial charge is 0.251 e. The lowest BCUT2D eigenvalue weighted by Gasteiger charge is -2.34. The molecule has 4 N–H and O–H groups in total. The van der Waals surface area contributed by atoms with Crippen molar-refractivity contribution in [2.24, 2.45) is 5.92 Å².